The standard InChI is InChI=1S/C13H14O2/c1-5-7-9-10(3)11(4)12(8-6-2)13(14)15/h5-9H,1-4H2,(H,14,15)/b9-7-,12-8+. The lowest BCUT2D eigenvalue weighted by Crippen LogP contribution is -2.03. The van der Waals surface area contributed by atoms with Crippen molar-refractivity contribution in [1.29, 1.82) is 0 Å². The smallest absolute Gasteiger partial charge is 0.336 e. The van der Waals surface area contributed by atoms with E-state index in [4.69, 9.17) is 5.11 Å². The summed E-state index contributed by atoms with van der Waals surface area (Å²) >= 11 is 0. The van der Waals surface area contributed by atoms with Gasteiger partial charge in [-0.05, 0) is 17.2 Å². The molecule has 0 spiro atoms. The summed E-state index contributed by atoms with van der Waals surface area (Å²) in [5.74, 6) is -1.05. The minimum Gasteiger partial charge on any atom is -0.478 e. The van der Waals surface area contributed by atoms with Gasteiger partial charge in [-0.25, -0.2) is 4.79 Å². The number of carbonyl (C=O) groups is 1. The zero-order valence-electron chi connectivity index (χ0n) is 8.57. The molecule has 15 heavy (non-hydrogen) atoms. The van der Waals surface area contributed by atoms with E-state index in [0.29, 0.717) is 11.1 Å². The first kappa shape index (κ1) is 12.9. The van der Waals surface area contributed by atoms with Crippen molar-refractivity contribution in [1.82, 2.24) is 0 Å². The molecule has 0 aliphatic heterocycles. The maximum absolute atomic E-state index is 10.8. The molecule has 0 aromatic rings. The number of carboxylic acids is 1. The molecule has 0 atom stereocenters. The largest absolute Gasteiger partial charge is 0.478 e. The SMILES string of the molecule is C=C/C=C\C(=C)C(=C)/C(=C\C=C)C(=O)O. The second-order valence-electron chi connectivity index (χ2n) is 2.72. The van der Waals surface area contributed by atoms with Crippen molar-refractivity contribution in [3.63, 3.8) is 0 Å². The molecule has 0 saturated heterocycles. The molecule has 0 bridgehead atoms. The molecule has 0 aliphatic carbocycles. The van der Waals surface area contributed by atoms with Crippen molar-refractivity contribution >= 4 is 5.97 Å². The quantitative estimate of drug-likeness (QED) is 0.531. The van der Waals surface area contributed by atoms with Crippen molar-refractivity contribution in [2.45, 2.75) is 0 Å². The number of allylic oxidation sites excluding steroid dienone is 6. The molecular weight excluding hydrogens is 188 g/mol. The highest BCUT2D eigenvalue weighted by molar-refractivity contribution is 5.93. The van der Waals surface area contributed by atoms with Crippen LogP contribution in [0.2, 0.25) is 0 Å². The summed E-state index contributed by atoms with van der Waals surface area (Å²) < 4.78 is 0. The lowest BCUT2D eigenvalue weighted by molar-refractivity contribution is -0.132. The monoisotopic (exact) mass is 202 g/mol. The molecule has 0 radical (unpaired) electrons. The molecule has 0 unspecified atom stereocenters. The molecule has 1 N–H and O–H groups in total. The Labute approximate surface area is 89.9 Å². The molecular formula is C13H14O2. The molecule has 0 aromatic carbocycles. The third-order valence-electron chi connectivity index (χ3n) is 1.66. The van der Waals surface area contributed by atoms with Crippen LogP contribution in [-0.4, -0.2) is 11.1 Å². The van der Waals surface area contributed by atoms with Crippen LogP contribution >= 0.6 is 0 Å². The van der Waals surface area contributed by atoms with Crippen molar-refractivity contribution in [3.05, 3.63) is 73.4 Å². The molecule has 0 saturated carbocycles. The Kier molecular flexibility index (Phi) is 5.49. The van der Waals surface area contributed by atoms with Crippen LogP contribution in [0, 0.1) is 0 Å². The third-order valence-corrected chi connectivity index (χ3v) is 1.66. The summed E-state index contributed by atoms with van der Waals surface area (Å²) in [6, 6.07) is 0. The maximum Gasteiger partial charge on any atom is 0.336 e. The highest BCUT2D eigenvalue weighted by atomic mass is 16.4. The van der Waals surface area contributed by atoms with E-state index in [9.17, 15) is 4.79 Å². The first-order valence-corrected chi connectivity index (χ1v) is 4.28. The predicted molar refractivity (Wildman–Crippen MR) is 63.5 cm³/mol. The fourth-order valence-electron chi connectivity index (χ4n) is 0.877. The van der Waals surface area contributed by atoms with Gasteiger partial charge in [0.05, 0.1) is 5.57 Å². The number of hydrogen-bond acceptors (Lipinski definition) is 1. The number of rotatable bonds is 6. The third kappa shape index (κ3) is 4.09. The van der Waals surface area contributed by atoms with Gasteiger partial charge in [0.1, 0.15) is 0 Å². The summed E-state index contributed by atoms with van der Waals surface area (Å²) in [5.41, 5.74) is 0.981. The van der Waals surface area contributed by atoms with Crippen LogP contribution in [-0.2, 0) is 4.79 Å². The molecule has 2 heteroatoms. The first-order valence-electron chi connectivity index (χ1n) is 4.28. The Balaban J connectivity index is 4.96. The van der Waals surface area contributed by atoms with E-state index < -0.39 is 5.97 Å². The molecule has 0 aromatic heterocycles. The van der Waals surface area contributed by atoms with E-state index in [0.717, 1.165) is 0 Å². The number of aliphatic carboxylic acids is 1. The van der Waals surface area contributed by atoms with E-state index in [-0.39, 0.29) is 5.57 Å². The number of hydrogen-bond donors (Lipinski definition) is 1. The van der Waals surface area contributed by atoms with Gasteiger partial charge in [0.25, 0.3) is 0 Å². The molecule has 0 heterocycles. The molecule has 0 amide bonds. The minimum absolute atomic E-state index is 0.0868. The Morgan fingerprint density at radius 1 is 1.13 bits per heavy atom. The first-order chi connectivity index (χ1) is 7.04. The minimum atomic E-state index is -1.05. The maximum atomic E-state index is 10.8. The van der Waals surface area contributed by atoms with Gasteiger partial charge in [-0.2, -0.15) is 0 Å². The van der Waals surface area contributed by atoms with Crippen LogP contribution in [0.25, 0.3) is 0 Å². The van der Waals surface area contributed by atoms with Gasteiger partial charge in [0.2, 0.25) is 0 Å². The van der Waals surface area contributed by atoms with Crippen LogP contribution < -0.4 is 0 Å². The van der Waals surface area contributed by atoms with Gasteiger partial charge in [-0.3, -0.25) is 0 Å². The lowest BCUT2D eigenvalue weighted by atomic mass is 10.00. The Morgan fingerprint density at radius 2 is 1.73 bits per heavy atom. The normalized spacial score (nSPS) is 11.1. The van der Waals surface area contributed by atoms with Gasteiger partial charge in [0, 0.05) is 0 Å². The Bertz CT molecular complexity index is 368. The van der Waals surface area contributed by atoms with Gasteiger partial charge >= 0.3 is 5.97 Å². The average Bonchev–Trinajstić information content (AvgIpc) is 2.21. The van der Waals surface area contributed by atoms with Crippen LogP contribution in [0.15, 0.2) is 73.4 Å². The van der Waals surface area contributed by atoms with Crippen LogP contribution in [0.4, 0.5) is 0 Å². The van der Waals surface area contributed by atoms with E-state index in [1.165, 1.54) is 12.2 Å². The van der Waals surface area contributed by atoms with E-state index >= 15 is 0 Å². The van der Waals surface area contributed by atoms with E-state index in [1.54, 1.807) is 18.2 Å². The molecule has 78 valence electrons. The highest BCUT2D eigenvalue weighted by Crippen LogP contribution is 2.17. The predicted octanol–water partition coefficient (Wildman–Crippen LogP) is 3.04. The van der Waals surface area contributed by atoms with E-state index in [1.807, 2.05) is 0 Å². The number of carboxylic acid groups (broad SMARTS) is 1. The fourth-order valence-corrected chi connectivity index (χ4v) is 0.877. The zero-order valence-corrected chi connectivity index (χ0v) is 8.57. The van der Waals surface area contributed by atoms with Crippen LogP contribution in [0.3, 0.4) is 0 Å². The fraction of sp³-hybridized carbons (Fsp3) is 0. The molecule has 2 nitrogen and oxygen atoms in total. The average molecular weight is 202 g/mol. The van der Waals surface area contributed by atoms with Crippen molar-refractivity contribution in [2.75, 3.05) is 0 Å². The van der Waals surface area contributed by atoms with E-state index in [2.05, 4.69) is 26.3 Å². The summed E-state index contributed by atoms with van der Waals surface area (Å²) in [4.78, 5) is 10.8. The molecule has 0 rings (SSSR count). The topological polar surface area (TPSA) is 37.3 Å². The van der Waals surface area contributed by atoms with Gasteiger partial charge in [-0.15, -0.1) is 0 Å². The van der Waals surface area contributed by atoms with Gasteiger partial charge < -0.3 is 5.11 Å². The van der Waals surface area contributed by atoms with Crippen molar-refractivity contribution < 1.29 is 9.90 Å². The second kappa shape index (κ2) is 6.38. The summed E-state index contributed by atoms with van der Waals surface area (Å²) in [7, 11) is 0. The van der Waals surface area contributed by atoms with Crippen LogP contribution in [0.1, 0.15) is 0 Å². The van der Waals surface area contributed by atoms with Gasteiger partial charge in [-0.1, -0.05) is 50.6 Å². The summed E-state index contributed by atoms with van der Waals surface area (Å²) in [5, 5.41) is 8.89. The summed E-state index contributed by atoms with van der Waals surface area (Å²) in [6.45, 7) is 14.3. The Hall–Kier alpha value is -2.09. The zero-order chi connectivity index (χ0) is 11.8. The lowest BCUT2D eigenvalue weighted by Gasteiger charge is -2.05. The summed E-state index contributed by atoms with van der Waals surface area (Å²) in [6.07, 6.45) is 7.68. The van der Waals surface area contributed by atoms with Gasteiger partial charge in [0.15, 0.2) is 0 Å². The van der Waals surface area contributed by atoms with Crippen molar-refractivity contribution in [2.24, 2.45) is 0 Å². The highest BCUT2D eigenvalue weighted by Gasteiger charge is 2.11. The molecule has 0 fully saturated rings. The Morgan fingerprint density at radius 3 is 2.13 bits per heavy atom. The van der Waals surface area contributed by atoms with Crippen molar-refractivity contribution in [3.8, 4) is 0 Å². The molecule has 0 aliphatic rings. The van der Waals surface area contributed by atoms with Crippen LogP contribution in [0.5, 0.6) is 0 Å². The second-order valence-corrected chi connectivity index (χ2v) is 2.72.